The number of hydrogen-bond acceptors (Lipinski definition) is 4. The molecular formula is C13H14N4O. The molecule has 1 aliphatic heterocycles. The maximum absolute atomic E-state index is 11.3. The molecule has 2 aromatic rings. The number of nitrogens with two attached hydrogens (primary N) is 1. The second-order valence-corrected chi connectivity index (χ2v) is 4.73. The first kappa shape index (κ1) is 11.1. The number of carbonyl (C=O) groups is 1. The van der Waals surface area contributed by atoms with Gasteiger partial charge in [-0.25, -0.2) is 9.97 Å². The highest BCUT2D eigenvalue weighted by molar-refractivity contribution is 5.92. The first-order chi connectivity index (χ1) is 8.65. The lowest BCUT2D eigenvalue weighted by Gasteiger charge is -2.36. The number of primary amides is 1. The molecule has 0 aliphatic carbocycles. The number of carbonyl (C=O) groups excluding carboxylic acids is 1. The minimum absolute atomic E-state index is 0.109. The lowest BCUT2D eigenvalue weighted by atomic mass is 9.94. The van der Waals surface area contributed by atoms with Crippen molar-refractivity contribution in [2.75, 3.05) is 20.1 Å². The molecule has 5 heteroatoms. The van der Waals surface area contributed by atoms with Crippen LogP contribution in [-0.2, 0) is 0 Å². The van der Waals surface area contributed by atoms with Crippen molar-refractivity contribution in [3.63, 3.8) is 0 Å². The van der Waals surface area contributed by atoms with Gasteiger partial charge in [0.05, 0.1) is 11.2 Å². The van der Waals surface area contributed by atoms with Gasteiger partial charge in [-0.05, 0) is 13.1 Å². The van der Waals surface area contributed by atoms with Crippen molar-refractivity contribution < 1.29 is 4.79 Å². The summed E-state index contributed by atoms with van der Waals surface area (Å²) in [4.78, 5) is 22.0. The van der Waals surface area contributed by atoms with E-state index < -0.39 is 5.91 Å². The summed E-state index contributed by atoms with van der Waals surface area (Å²) >= 11 is 0. The average Bonchev–Trinajstić information content (AvgIpc) is 2.33. The Hall–Kier alpha value is -2.01. The van der Waals surface area contributed by atoms with Crippen LogP contribution >= 0.6 is 0 Å². The number of hydrogen-bond donors (Lipinski definition) is 1. The normalized spacial score (nSPS) is 16.7. The van der Waals surface area contributed by atoms with Crippen molar-refractivity contribution in [2.24, 2.45) is 5.73 Å². The molecule has 1 fully saturated rings. The van der Waals surface area contributed by atoms with Gasteiger partial charge < -0.3 is 10.6 Å². The third-order valence-electron chi connectivity index (χ3n) is 3.30. The van der Waals surface area contributed by atoms with Crippen LogP contribution in [0.15, 0.2) is 24.3 Å². The van der Waals surface area contributed by atoms with E-state index in [1.807, 2.05) is 24.3 Å². The number of benzene rings is 1. The number of likely N-dealkylation sites (tertiary alicyclic amines) is 1. The van der Waals surface area contributed by atoms with Crippen LogP contribution in [0.25, 0.3) is 10.9 Å². The second-order valence-electron chi connectivity index (χ2n) is 4.73. The number of fused-ring (bicyclic) bond motifs is 1. The van der Waals surface area contributed by atoms with Crippen molar-refractivity contribution in [3.8, 4) is 0 Å². The first-order valence-electron chi connectivity index (χ1n) is 5.90. The zero-order valence-corrected chi connectivity index (χ0v) is 10.1. The number of rotatable bonds is 2. The molecule has 2 N–H and O–H groups in total. The van der Waals surface area contributed by atoms with Crippen molar-refractivity contribution in [3.05, 3.63) is 35.8 Å². The summed E-state index contributed by atoms with van der Waals surface area (Å²) in [7, 11) is 2.06. The predicted octanol–water partition coefficient (Wildman–Crippen LogP) is 0.758. The van der Waals surface area contributed by atoms with Gasteiger partial charge in [-0.3, -0.25) is 4.79 Å². The molecule has 1 aromatic carbocycles. The highest BCUT2D eigenvalue weighted by Crippen LogP contribution is 2.29. The lowest BCUT2D eigenvalue weighted by molar-refractivity contribution is 0.0990. The van der Waals surface area contributed by atoms with Gasteiger partial charge in [-0.1, -0.05) is 18.2 Å². The fourth-order valence-corrected chi connectivity index (χ4v) is 2.39. The topological polar surface area (TPSA) is 72.1 Å². The summed E-state index contributed by atoms with van der Waals surface area (Å²) in [5, 5.41) is 1.01. The van der Waals surface area contributed by atoms with Gasteiger partial charge in [-0.15, -0.1) is 0 Å². The van der Waals surface area contributed by atoms with E-state index in [-0.39, 0.29) is 5.82 Å². The fourth-order valence-electron chi connectivity index (χ4n) is 2.39. The maximum Gasteiger partial charge on any atom is 0.286 e. The van der Waals surface area contributed by atoms with Crippen molar-refractivity contribution in [1.29, 1.82) is 0 Å². The molecule has 0 unspecified atom stereocenters. The molecule has 92 valence electrons. The second kappa shape index (κ2) is 4.03. The van der Waals surface area contributed by atoms with E-state index >= 15 is 0 Å². The van der Waals surface area contributed by atoms with E-state index in [0.717, 1.165) is 29.7 Å². The van der Waals surface area contributed by atoms with Crippen LogP contribution in [0, 0.1) is 0 Å². The van der Waals surface area contributed by atoms with Gasteiger partial charge in [0.1, 0.15) is 0 Å². The Morgan fingerprint density at radius 2 is 2.06 bits per heavy atom. The Balaban J connectivity index is 2.17. The van der Waals surface area contributed by atoms with E-state index in [0.29, 0.717) is 5.92 Å². The molecule has 18 heavy (non-hydrogen) atoms. The molecule has 1 amide bonds. The minimum Gasteiger partial charge on any atom is -0.363 e. The molecule has 3 rings (SSSR count). The number of nitrogens with zero attached hydrogens (tertiary/aromatic N) is 3. The minimum atomic E-state index is -0.574. The van der Waals surface area contributed by atoms with Crippen LogP contribution < -0.4 is 5.73 Å². The van der Waals surface area contributed by atoms with Gasteiger partial charge >= 0.3 is 0 Å². The third kappa shape index (κ3) is 1.73. The van der Waals surface area contributed by atoms with Gasteiger partial charge in [-0.2, -0.15) is 0 Å². The number of para-hydroxylation sites is 1. The van der Waals surface area contributed by atoms with Crippen LogP contribution in [0.2, 0.25) is 0 Å². The summed E-state index contributed by atoms with van der Waals surface area (Å²) in [5.74, 6) is -0.103. The van der Waals surface area contributed by atoms with Crippen molar-refractivity contribution in [1.82, 2.24) is 14.9 Å². The van der Waals surface area contributed by atoms with E-state index in [9.17, 15) is 4.79 Å². The molecule has 0 atom stereocenters. The summed E-state index contributed by atoms with van der Waals surface area (Å²) in [6.07, 6.45) is 0. The standard InChI is InChI=1S/C13H14N4O/c1-17-6-8(7-17)11-9-4-2-3-5-10(9)15-13(16-11)12(14)18/h2-5,8H,6-7H2,1H3,(H2,14,18). The highest BCUT2D eigenvalue weighted by Gasteiger charge is 2.28. The quantitative estimate of drug-likeness (QED) is 0.843. The lowest BCUT2D eigenvalue weighted by Crippen LogP contribution is -2.42. The fraction of sp³-hybridized carbons (Fsp3) is 0.308. The molecule has 5 nitrogen and oxygen atoms in total. The SMILES string of the molecule is CN1CC(c2nc(C(N)=O)nc3ccccc23)C1. The number of amides is 1. The third-order valence-corrected chi connectivity index (χ3v) is 3.30. The first-order valence-corrected chi connectivity index (χ1v) is 5.90. The predicted molar refractivity (Wildman–Crippen MR) is 68.3 cm³/mol. The molecule has 0 saturated carbocycles. The maximum atomic E-state index is 11.3. The van der Waals surface area contributed by atoms with E-state index in [4.69, 9.17) is 5.73 Å². The largest absolute Gasteiger partial charge is 0.363 e. The molecular weight excluding hydrogens is 228 g/mol. The summed E-state index contributed by atoms with van der Waals surface area (Å²) in [6, 6.07) is 7.74. The summed E-state index contributed by atoms with van der Waals surface area (Å²) in [6.45, 7) is 1.92. The van der Waals surface area contributed by atoms with E-state index in [1.165, 1.54) is 0 Å². The molecule has 1 aromatic heterocycles. The van der Waals surface area contributed by atoms with E-state index in [2.05, 4.69) is 21.9 Å². The highest BCUT2D eigenvalue weighted by atomic mass is 16.1. The number of likely N-dealkylation sites (N-methyl/N-ethyl adjacent to an activating group) is 1. The van der Waals surface area contributed by atoms with Gasteiger partial charge in [0.25, 0.3) is 5.91 Å². The van der Waals surface area contributed by atoms with Crippen LogP contribution in [0.3, 0.4) is 0 Å². The molecule has 0 bridgehead atoms. The van der Waals surface area contributed by atoms with Gasteiger partial charge in [0.2, 0.25) is 5.82 Å². The number of aromatic nitrogens is 2. The van der Waals surface area contributed by atoms with Crippen LogP contribution in [0.5, 0.6) is 0 Å². The van der Waals surface area contributed by atoms with Gasteiger partial charge in [0, 0.05) is 24.4 Å². The Kier molecular flexibility index (Phi) is 2.48. The van der Waals surface area contributed by atoms with Crippen molar-refractivity contribution >= 4 is 16.8 Å². The Labute approximate surface area is 105 Å². The molecule has 2 heterocycles. The zero-order valence-electron chi connectivity index (χ0n) is 10.1. The molecule has 1 aliphatic rings. The van der Waals surface area contributed by atoms with Gasteiger partial charge in [0.15, 0.2) is 0 Å². The monoisotopic (exact) mass is 242 g/mol. The smallest absolute Gasteiger partial charge is 0.286 e. The summed E-state index contributed by atoms with van der Waals surface area (Å²) < 4.78 is 0. The van der Waals surface area contributed by atoms with Crippen LogP contribution in [0.4, 0.5) is 0 Å². The molecule has 1 saturated heterocycles. The van der Waals surface area contributed by atoms with Crippen LogP contribution in [0.1, 0.15) is 22.2 Å². The zero-order chi connectivity index (χ0) is 12.7. The van der Waals surface area contributed by atoms with Crippen LogP contribution in [-0.4, -0.2) is 40.9 Å². The molecule has 0 spiro atoms. The Morgan fingerprint density at radius 3 is 2.72 bits per heavy atom. The summed E-state index contributed by atoms with van der Waals surface area (Å²) in [5.41, 5.74) is 7.01. The van der Waals surface area contributed by atoms with E-state index in [1.54, 1.807) is 0 Å². The Bertz CT molecular complexity index is 619. The Morgan fingerprint density at radius 1 is 1.33 bits per heavy atom. The van der Waals surface area contributed by atoms with Crippen molar-refractivity contribution in [2.45, 2.75) is 5.92 Å². The average molecular weight is 242 g/mol. The molecule has 0 radical (unpaired) electrons.